The third-order valence-electron chi connectivity index (χ3n) is 6.49. The van der Waals surface area contributed by atoms with Crippen molar-refractivity contribution in [1.82, 2.24) is 0 Å². The van der Waals surface area contributed by atoms with Gasteiger partial charge >= 0.3 is 0 Å². The number of anilines is 1. The molecule has 5 heteroatoms. The Balaban J connectivity index is 1.42. The van der Waals surface area contributed by atoms with Crippen molar-refractivity contribution in [2.24, 2.45) is 5.41 Å². The van der Waals surface area contributed by atoms with E-state index in [2.05, 4.69) is 0 Å². The number of nitrogens with zero attached hydrogens (tertiary/aromatic N) is 1. The second kappa shape index (κ2) is 5.60. The normalized spacial score (nSPS) is 18.2. The first-order chi connectivity index (χ1) is 14.5. The fourth-order valence-corrected chi connectivity index (χ4v) is 5.05. The lowest BCUT2D eigenvalue weighted by Gasteiger charge is -2.18. The highest BCUT2D eigenvalue weighted by Gasteiger charge is 2.56. The van der Waals surface area contributed by atoms with Crippen LogP contribution in [0.15, 0.2) is 66.7 Å². The smallest absolute Gasteiger partial charge is 0.266 e. The highest BCUT2D eigenvalue weighted by Crippen LogP contribution is 2.48. The third-order valence-corrected chi connectivity index (χ3v) is 6.49. The Morgan fingerprint density at radius 2 is 1.07 bits per heavy atom. The van der Waals surface area contributed by atoms with Gasteiger partial charge in [0.15, 0.2) is 11.6 Å². The van der Waals surface area contributed by atoms with Crippen molar-refractivity contribution in [3.63, 3.8) is 0 Å². The fraction of sp³-hybridized carbons (Fsp3) is 0.120. The second-order valence-electron chi connectivity index (χ2n) is 8.09. The maximum atomic E-state index is 13.2. The first-order valence-corrected chi connectivity index (χ1v) is 9.79. The van der Waals surface area contributed by atoms with Crippen molar-refractivity contribution < 1.29 is 19.2 Å². The molecule has 2 amide bonds. The molecule has 0 aromatic heterocycles. The highest BCUT2D eigenvalue weighted by molar-refractivity contribution is 6.35. The molecule has 0 bridgehead atoms. The number of imide groups is 1. The average molecular weight is 393 g/mol. The number of carbonyl (C=O) groups is 4. The van der Waals surface area contributed by atoms with Crippen LogP contribution in [-0.2, 0) is 12.8 Å². The van der Waals surface area contributed by atoms with Crippen LogP contribution in [0, 0.1) is 5.41 Å². The highest BCUT2D eigenvalue weighted by atomic mass is 16.2. The van der Waals surface area contributed by atoms with Gasteiger partial charge in [-0.05, 0) is 48.2 Å². The van der Waals surface area contributed by atoms with Crippen LogP contribution in [0.4, 0.5) is 5.69 Å². The van der Waals surface area contributed by atoms with Gasteiger partial charge in [-0.3, -0.25) is 19.2 Å². The third kappa shape index (κ3) is 1.96. The van der Waals surface area contributed by atoms with E-state index in [0.717, 1.165) is 11.1 Å². The summed E-state index contributed by atoms with van der Waals surface area (Å²) >= 11 is 0. The Labute approximate surface area is 171 Å². The zero-order valence-corrected chi connectivity index (χ0v) is 15.8. The quantitative estimate of drug-likeness (QED) is 0.467. The zero-order valence-electron chi connectivity index (χ0n) is 15.8. The minimum Gasteiger partial charge on any atom is -0.293 e. The predicted octanol–water partition coefficient (Wildman–Crippen LogP) is 3.65. The molecule has 1 heterocycles. The predicted molar refractivity (Wildman–Crippen MR) is 109 cm³/mol. The molecular formula is C25H15NO4. The van der Waals surface area contributed by atoms with Crippen LogP contribution < -0.4 is 4.90 Å². The van der Waals surface area contributed by atoms with Gasteiger partial charge in [0, 0.05) is 11.1 Å². The molecule has 30 heavy (non-hydrogen) atoms. The molecule has 144 valence electrons. The molecule has 5 nitrogen and oxygen atoms in total. The number of benzene rings is 3. The van der Waals surface area contributed by atoms with Gasteiger partial charge in [0.1, 0.15) is 5.41 Å². The van der Waals surface area contributed by atoms with Crippen molar-refractivity contribution in [2.45, 2.75) is 12.8 Å². The first-order valence-electron chi connectivity index (χ1n) is 9.79. The van der Waals surface area contributed by atoms with Gasteiger partial charge in [0.25, 0.3) is 11.8 Å². The van der Waals surface area contributed by atoms with Crippen LogP contribution in [0.5, 0.6) is 0 Å². The van der Waals surface area contributed by atoms with Gasteiger partial charge in [-0.15, -0.1) is 0 Å². The maximum absolute atomic E-state index is 13.2. The molecular weight excluding hydrogens is 378 g/mol. The van der Waals surface area contributed by atoms with E-state index in [1.54, 1.807) is 60.7 Å². The largest absolute Gasteiger partial charge is 0.293 e. The van der Waals surface area contributed by atoms with Gasteiger partial charge in [-0.2, -0.15) is 0 Å². The molecule has 1 aliphatic heterocycles. The Morgan fingerprint density at radius 1 is 0.600 bits per heavy atom. The summed E-state index contributed by atoms with van der Waals surface area (Å²) in [5, 5.41) is 0. The summed E-state index contributed by atoms with van der Waals surface area (Å²) in [4.78, 5) is 53.5. The fourth-order valence-electron chi connectivity index (χ4n) is 5.05. The molecule has 0 saturated carbocycles. The van der Waals surface area contributed by atoms with Crippen LogP contribution >= 0.6 is 0 Å². The first kappa shape index (κ1) is 17.0. The number of para-hydroxylation sites is 1. The summed E-state index contributed by atoms with van der Waals surface area (Å²) in [6.45, 7) is 0. The summed E-state index contributed by atoms with van der Waals surface area (Å²) in [5.74, 6) is -1.08. The van der Waals surface area contributed by atoms with E-state index >= 15 is 0 Å². The lowest BCUT2D eigenvalue weighted by atomic mass is 9.80. The molecule has 0 atom stereocenters. The minimum atomic E-state index is -1.15. The zero-order chi connectivity index (χ0) is 20.6. The van der Waals surface area contributed by atoms with Gasteiger partial charge in [0.2, 0.25) is 0 Å². The van der Waals surface area contributed by atoms with Gasteiger partial charge < -0.3 is 0 Å². The van der Waals surface area contributed by atoms with E-state index in [1.807, 2.05) is 6.07 Å². The summed E-state index contributed by atoms with van der Waals surface area (Å²) in [5.41, 5.74) is 2.54. The molecule has 0 N–H and O–H groups in total. The number of hydrogen-bond acceptors (Lipinski definition) is 4. The maximum Gasteiger partial charge on any atom is 0.266 e. The average Bonchev–Trinajstić information content (AvgIpc) is 3.34. The molecule has 3 aliphatic rings. The number of ketones is 2. The summed E-state index contributed by atoms with van der Waals surface area (Å²) in [6, 6.07) is 19.1. The molecule has 3 aromatic rings. The van der Waals surface area contributed by atoms with E-state index in [4.69, 9.17) is 0 Å². The Morgan fingerprint density at radius 3 is 1.57 bits per heavy atom. The Bertz CT molecular complexity index is 1240. The van der Waals surface area contributed by atoms with E-state index in [1.165, 1.54) is 4.90 Å². The van der Waals surface area contributed by atoms with Crippen molar-refractivity contribution in [3.05, 3.63) is 100 Å². The van der Waals surface area contributed by atoms with E-state index in [-0.39, 0.29) is 36.2 Å². The lowest BCUT2D eigenvalue weighted by Crippen LogP contribution is -2.34. The molecule has 0 unspecified atom stereocenters. The Hall–Kier alpha value is -3.86. The van der Waals surface area contributed by atoms with Crippen LogP contribution in [0.3, 0.4) is 0 Å². The van der Waals surface area contributed by atoms with Crippen molar-refractivity contribution in [3.8, 4) is 0 Å². The van der Waals surface area contributed by atoms with E-state index in [9.17, 15) is 19.2 Å². The van der Waals surface area contributed by atoms with E-state index < -0.39 is 5.41 Å². The lowest BCUT2D eigenvalue weighted by molar-refractivity contribution is 0.0710. The Kier molecular flexibility index (Phi) is 3.18. The molecule has 0 radical (unpaired) electrons. The molecule has 1 spiro atoms. The molecule has 0 saturated heterocycles. The molecule has 3 aromatic carbocycles. The topological polar surface area (TPSA) is 71.5 Å². The summed E-state index contributed by atoms with van der Waals surface area (Å²) in [6.07, 6.45) is 0.517. The number of rotatable bonds is 1. The van der Waals surface area contributed by atoms with Crippen molar-refractivity contribution in [1.29, 1.82) is 0 Å². The van der Waals surface area contributed by atoms with Crippen LogP contribution in [0.2, 0.25) is 0 Å². The summed E-state index contributed by atoms with van der Waals surface area (Å²) < 4.78 is 0. The minimum absolute atomic E-state index is 0.164. The standard InChI is InChI=1S/C25H15NO4/c27-21-17-8-4-5-9-18(17)22(28)25(21)12-14-10-19-20(11-15(14)13-25)24(30)26(23(19)29)16-6-2-1-3-7-16/h1-11H,12-13H2. The second-order valence-corrected chi connectivity index (χ2v) is 8.09. The van der Waals surface area contributed by atoms with Gasteiger partial charge in [-0.25, -0.2) is 4.90 Å². The monoisotopic (exact) mass is 393 g/mol. The number of Topliss-reactive ketones (excluding diaryl/α,β-unsaturated/α-hetero) is 2. The SMILES string of the molecule is O=C1c2cc3c(cc2C(=O)N1c1ccccc1)CC1(C3)C(=O)c2ccccc2C1=O. The molecule has 6 rings (SSSR count). The number of carbonyl (C=O) groups excluding carboxylic acids is 4. The van der Waals surface area contributed by atoms with Gasteiger partial charge in [0.05, 0.1) is 16.8 Å². The van der Waals surface area contributed by atoms with Crippen LogP contribution in [0.1, 0.15) is 52.6 Å². The number of hydrogen-bond donors (Lipinski definition) is 0. The van der Waals surface area contributed by atoms with Crippen LogP contribution in [0.25, 0.3) is 0 Å². The van der Waals surface area contributed by atoms with E-state index in [0.29, 0.717) is 27.9 Å². The number of fused-ring (bicyclic) bond motifs is 3. The van der Waals surface area contributed by atoms with Crippen molar-refractivity contribution in [2.75, 3.05) is 4.90 Å². The molecule has 0 fully saturated rings. The van der Waals surface area contributed by atoms with Crippen LogP contribution in [-0.4, -0.2) is 23.4 Å². The number of amides is 2. The summed E-state index contributed by atoms with van der Waals surface area (Å²) in [7, 11) is 0. The van der Waals surface area contributed by atoms with Gasteiger partial charge in [-0.1, -0.05) is 42.5 Å². The molecule has 2 aliphatic carbocycles. The van der Waals surface area contributed by atoms with Crippen molar-refractivity contribution >= 4 is 29.1 Å².